The molecule has 2 aromatic rings. The van der Waals surface area contributed by atoms with Gasteiger partial charge in [-0.1, -0.05) is 42.1 Å². The number of amidine groups is 1. The third-order valence-electron chi connectivity index (χ3n) is 4.47. The van der Waals surface area contributed by atoms with Crippen LogP contribution in [-0.2, 0) is 0 Å². The second-order valence-corrected chi connectivity index (χ2v) is 6.93. The number of nitrogens with one attached hydrogen (secondary N) is 1. The van der Waals surface area contributed by atoms with Crippen LogP contribution in [0.1, 0.15) is 29.3 Å². The Hall–Kier alpha value is -2.27. The summed E-state index contributed by atoms with van der Waals surface area (Å²) in [4.78, 5) is 19.7. The van der Waals surface area contributed by atoms with Crippen molar-refractivity contribution in [3.8, 4) is 0 Å². The first-order valence-electron chi connectivity index (χ1n) is 8.08. The number of benzene rings is 2. The fourth-order valence-electron chi connectivity index (χ4n) is 3.34. The zero-order valence-corrected chi connectivity index (χ0v) is 14.5. The lowest BCUT2D eigenvalue weighted by Gasteiger charge is -2.33. The number of carbonyl (C=O) groups excluding carboxylic acids is 1. The Labute approximate surface area is 146 Å². The highest BCUT2D eigenvalue weighted by atomic mass is 32.2. The summed E-state index contributed by atoms with van der Waals surface area (Å²) in [6.45, 7) is 2.14. The lowest BCUT2D eigenvalue weighted by atomic mass is 10.0. The van der Waals surface area contributed by atoms with Crippen LogP contribution < -0.4 is 10.2 Å². The number of rotatable bonds is 2. The van der Waals surface area contributed by atoms with Crippen LogP contribution in [0.25, 0.3) is 0 Å². The van der Waals surface area contributed by atoms with Gasteiger partial charge >= 0.3 is 0 Å². The second kappa shape index (κ2) is 5.98. The van der Waals surface area contributed by atoms with Crippen LogP contribution in [0, 0.1) is 0 Å². The SMILES string of the molecule is CSC1=NC(C)CC2Nc3ccc(C(=O)c4ccccc4)cc3N12. The van der Waals surface area contributed by atoms with Crippen LogP contribution in [0.4, 0.5) is 11.4 Å². The van der Waals surface area contributed by atoms with E-state index in [2.05, 4.69) is 17.1 Å². The van der Waals surface area contributed by atoms with E-state index >= 15 is 0 Å². The Morgan fingerprint density at radius 3 is 2.75 bits per heavy atom. The molecule has 1 N–H and O–H groups in total. The molecule has 0 saturated heterocycles. The first kappa shape index (κ1) is 15.3. The number of thioether (sulfide) groups is 1. The van der Waals surface area contributed by atoms with E-state index < -0.39 is 0 Å². The number of hydrogen-bond acceptors (Lipinski definition) is 5. The summed E-state index contributed by atoms with van der Waals surface area (Å²) in [5.41, 5.74) is 3.54. The summed E-state index contributed by atoms with van der Waals surface area (Å²) in [6.07, 6.45) is 3.23. The van der Waals surface area contributed by atoms with Gasteiger partial charge in [0, 0.05) is 17.5 Å². The van der Waals surface area contributed by atoms with Crippen LogP contribution in [0.3, 0.4) is 0 Å². The summed E-state index contributed by atoms with van der Waals surface area (Å²) < 4.78 is 0. The maximum atomic E-state index is 12.7. The molecule has 4 rings (SSSR count). The van der Waals surface area contributed by atoms with E-state index in [0.29, 0.717) is 17.2 Å². The van der Waals surface area contributed by atoms with E-state index in [1.165, 1.54) is 0 Å². The molecule has 0 fully saturated rings. The summed E-state index contributed by atoms with van der Waals surface area (Å²) in [7, 11) is 0. The molecule has 2 unspecified atom stereocenters. The normalized spacial score (nSPS) is 21.6. The first-order chi connectivity index (χ1) is 11.7. The maximum Gasteiger partial charge on any atom is 0.193 e. The van der Waals surface area contributed by atoms with Crippen LogP contribution in [-0.4, -0.2) is 29.4 Å². The van der Waals surface area contributed by atoms with Gasteiger partial charge < -0.3 is 5.32 Å². The van der Waals surface area contributed by atoms with Crippen molar-refractivity contribution in [2.45, 2.75) is 25.6 Å². The van der Waals surface area contributed by atoms with Crippen molar-refractivity contribution >= 4 is 34.1 Å². The van der Waals surface area contributed by atoms with Gasteiger partial charge in [-0.2, -0.15) is 0 Å². The average molecular weight is 337 g/mol. The van der Waals surface area contributed by atoms with Gasteiger partial charge in [0.1, 0.15) is 6.17 Å². The van der Waals surface area contributed by atoms with Gasteiger partial charge in [-0.15, -0.1) is 0 Å². The van der Waals surface area contributed by atoms with Gasteiger partial charge in [0.05, 0.1) is 17.4 Å². The largest absolute Gasteiger partial charge is 0.363 e. The predicted octanol–water partition coefficient (Wildman–Crippen LogP) is 3.99. The molecule has 0 spiro atoms. The van der Waals surface area contributed by atoms with Gasteiger partial charge in [-0.25, -0.2) is 0 Å². The monoisotopic (exact) mass is 337 g/mol. The second-order valence-electron chi connectivity index (χ2n) is 6.16. The van der Waals surface area contributed by atoms with Gasteiger partial charge in [-0.3, -0.25) is 14.7 Å². The molecule has 2 heterocycles. The number of aliphatic imine (C=N–C) groups is 1. The molecule has 5 heteroatoms. The van der Waals surface area contributed by atoms with Crippen LogP contribution >= 0.6 is 11.8 Å². The minimum atomic E-state index is 0.0508. The van der Waals surface area contributed by atoms with Gasteiger partial charge in [0.2, 0.25) is 0 Å². The molecule has 0 aromatic heterocycles. The molecule has 0 bridgehead atoms. The molecule has 24 heavy (non-hydrogen) atoms. The van der Waals surface area contributed by atoms with Gasteiger partial charge in [-0.05, 0) is 31.4 Å². The number of anilines is 2. The predicted molar refractivity (Wildman–Crippen MR) is 101 cm³/mol. The highest BCUT2D eigenvalue weighted by molar-refractivity contribution is 8.13. The fourth-order valence-corrected chi connectivity index (χ4v) is 4.05. The molecule has 4 nitrogen and oxygen atoms in total. The van der Waals surface area contributed by atoms with Crippen molar-refractivity contribution in [2.24, 2.45) is 4.99 Å². The average Bonchev–Trinajstić information content (AvgIpc) is 2.98. The molecule has 0 radical (unpaired) electrons. The van der Waals surface area contributed by atoms with E-state index in [-0.39, 0.29) is 11.9 Å². The van der Waals surface area contributed by atoms with E-state index in [9.17, 15) is 4.79 Å². The molecular formula is C19H19N3OS. The quantitative estimate of drug-likeness (QED) is 0.842. The minimum absolute atomic E-state index is 0.0508. The zero-order chi connectivity index (χ0) is 16.7. The fraction of sp³-hybridized carbons (Fsp3) is 0.263. The number of carbonyl (C=O) groups is 1. The van der Waals surface area contributed by atoms with E-state index in [1.807, 2.05) is 54.8 Å². The molecule has 0 amide bonds. The number of nitrogens with zero attached hydrogens (tertiary/aromatic N) is 2. The van der Waals surface area contributed by atoms with Crippen LogP contribution in [0.15, 0.2) is 53.5 Å². The lowest BCUT2D eigenvalue weighted by molar-refractivity contribution is 0.103. The Kier molecular flexibility index (Phi) is 3.81. The molecule has 2 atom stereocenters. The summed E-state index contributed by atoms with van der Waals surface area (Å²) >= 11 is 1.65. The summed E-state index contributed by atoms with van der Waals surface area (Å²) in [5, 5.41) is 4.57. The first-order valence-corrected chi connectivity index (χ1v) is 9.31. The third kappa shape index (κ3) is 2.49. The topological polar surface area (TPSA) is 44.7 Å². The lowest BCUT2D eigenvalue weighted by Crippen LogP contribution is -2.44. The summed E-state index contributed by atoms with van der Waals surface area (Å²) in [6, 6.07) is 15.6. The van der Waals surface area contributed by atoms with Gasteiger partial charge in [0.15, 0.2) is 11.0 Å². The van der Waals surface area contributed by atoms with Crippen molar-refractivity contribution in [3.05, 3.63) is 59.7 Å². The Bertz CT molecular complexity index is 819. The zero-order valence-electron chi connectivity index (χ0n) is 13.7. The van der Waals surface area contributed by atoms with E-state index in [1.54, 1.807) is 11.8 Å². The van der Waals surface area contributed by atoms with E-state index in [0.717, 1.165) is 23.0 Å². The van der Waals surface area contributed by atoms with E-state index in [4.69, 9.17) is 4.99 Å². The highest BCUT2D eigenvalue weighted by Gasteiger charge is 2.36. The van der Waals surface area contributed by atoms with Crippen LogP contribution in [0.2, 0.25) is 0 Å². The Balaban J connectivity index is 1.73. The standard InChI is InChI=1S/C19H19N3OS/c1-12-10-17-21-15-9-8-14(18(23)13-6-4-3-5-7-13)11-16(15)22(17)19(20-12)24-2/h3-9,11-12,17,21H,10H2,1-2H3. The van der Waals surface area contributed by atoms with Crippen molar-refractivity contribution in [2.75, 3.05) is 16.5 Å². The smallest absolute Gasteiger partial charge is 0.193 e. The Morgan fingerprint density at radius 2 is 2.00 bits per heavy atom. The number of ketones is 1. The molecule has 2 aliphatic rings. The molecule has 2 aromatic carbocycles. The Morgan fingerprint density at radius 1 is 1.21 bits per heavy atom. The number of fused-ring (bicyclic) bond motifs is 3. The molecule has 0 aliphatic carbocycles. The van der Waals surface area contributed by atoms with Crippen molar-refractivity contribution in [1.82, 2.24) is 0 Å². The molecule has 2 aliphatic heterocycles. The maximum absolute atomic E-state index is 12.7. The summed E-state index contributed by atoms with van der Waals surface area (Å²) in [5.74, 6) is 0.0508. The van der Waals surface area contributed by atoms with Gasteiger partial charge in [0.25, 0.3) is 0 Å². The number of hydrogen-bond donors (Lipinski definition) is 1. The van der Waals surface area contributed by atoms with Crippen LogP contribution in [0.5, 0.6) is 0 Å². The highest BCUT2D eigenvalue weighted by Crippen LogP contribution is 2.40. The molecule has 0 saturated carbocycles. The molecule has 122 valence electrons. The third-order valence-corrected chi connectivity index (χ3v) is 5.14. The van der Waals surface area contributed by atoms with Crippen molar-refractivity contribution < 1.29 is 4.79 Å². The van der Waals surface area contributed by atoms with Crippen molar-refractivity contribution in [1.29, 1.82) is 0 Å². The minimum Gasteiger partial charge on any atom is -0.363 e. The van der Waals surface area contributed by atoms with Crippen molar-refractivity contribution in [3.63, 3.8) is 0 Å². The molecular weight excluding hydrogens is 318 g/mol.